The van der Waals surface area contributed by atoms with Crippen LogP contribution in [0.2, 0.25) is 0 Å². The van der Waals surface area contributed by atoms with E-state index in [-0.39, 0.29) is 18.6 Å². The maximum Gasteiger partial charge on any atom is 0.250 e. The Kier molecular flexibility index (Phi) is 7.10. The highest BCUT2D eigenvalue weighted by molar-refractivity contribution is 5.91. The van der Waals surface area contributed by atoms with Crippen molar-refractivity contribution in [3.05, 3.63) is 29.8 Å². The van der Waals surface area contributed by atoms with Gasteiger partial charge in [0.25, 0.3) is 0 Å². The molecular weight excluding hydrogens is 244 g/mol. The summed E-state index contributed by atoms with van der Waals surface area (Å²) in [7, 11) is 0. The molecule has 0 heterocycles. The molecule has 1 aromatic carbocycles. The van der Waals surface area contributed by atoms with E-state index in [0.29, 0.717) is 19.8 Å². The van der Waals surface area contributed by atoms with Crippen LogP contribution in [0.15, 0.2) is 24.3 Å². The molecule has 0 unspecified atom stereocenters. The molecule has 0 fully saturated rings. The highest BCUT2D eigenvalue weighted by atomic mass is 16.5. The maximum absolute atomic E-state index is 11.6. The summed E-state index contributed by atoms with van der Waals surface area (Å²) in [4.78, 5) is 11.6. The van der Waals surface area contributed by atoms with Crippen LogP contribution >= 0.6 is 0 Å². The van der Waals surface area contributed by atoms with Crippen molar-refractivity contribution < 1.29 is 14.3 Å². The lowest BCUT2D eigenvalue weighted by Crippen LogP contribution is -2.20. The van der Waals surface area contributed by atoms with Gasteiger partial charge in [-0.25, -0.2) is 0 Å². The maximum atomic E-state index is 11.6. The molecule has 0 aromatic heterocycles. The number of benzene rings is 1. The Balaban J connectivity index is 2.19. The number of hydrogen-bond donors (Lipinski definition) is 2. The summed E-state index contributed by atoms with van der Waals surface area (Å²) in [6.45, 7) is 5.34. The van der Waals surface area contributed by atoms with E-state index in [1.807, 2.05) is 38.1 Å². The molecule has 0 bridgehead atoms. The summed E-state index contributed by atoms with van der Waals surface area (Å²) < 4.78 is 10.5. The molecule has 0 saturated carbocycles. The third-order valence-corrected chi connectivity index (χ3v) is 2.39. The van der Waals surface area contributed by atoms with Crippen LogP contribution in [0.3, 0.4) is 0 Å². The highest BCUT2D eigenvalue weighted by Crippen LogP contribution is 2.08. The van der Waals surface area contributed by atoms with Crippen molar-refractivity contribution in [2.24, 2.45) is 5.73 Å². The van der Waals surface area contributed by atoms with E-state index in [9.17, 15) is 4.79 Å². The lowest BCUT2D eigenvalue weighted by molar-refractivity contribution is -0.121. The minimum atomic E-state index is -0.176. The lowest BCUT2D eigenvalue weighted by Gasteiger charge is -2.09. The van der Waals surface area contributed by atoms with Crippen LogP contribution in [0, 0.1) is 0 Å². The van der Waals surface area contributed by atoms with Crippen molar-refractivity contribution in [1.29, 1.82) is 0 Å². The van der Waals surface area contributed by atoms with Crippen LogP contribution in [0.25, 0.3) is 0 Å². The molecule has 0 aliphatic carbocycles. The molecule has 19 heavy (non-hydrogen) atoms. The van der Waals surface area contributed by atoms with Crippen LogP contribution in [0.1, 0.15) is 19.4 Å². The number of anilines is 1. The van der Waals surface area contributed by atoms with Crippen LogP contribution in [-0.2, 0) is 20.8 Å². The third-order valence-electron chi connectivity index (χ3n) is 2.39. The number of rotatable bonds is 8. The predicted molar refractivity (Wildman–Crippen MR) is 74.9 cm³/mol. The fraction of sp³-hybridized carbons (Fsp3) is 0.500. The molecule has 0 aliphatic rings. The van der Waals surface area contributed by atoms with E-state index in [1.165, 1.54) is 0 Å². The lowest BCUT2D eigenvalue weighted by atomic mass is 10.2. The molecule has 0 radical (unpaired) electrons. The number of amides is 1. The topological polar surface area (TPSA) is 73.6 Å². The molecular formula is C14H22N2O3. The largest absolute Gasteiger partial charge is 0.376 e. The minimum absolute atomic E-state index is 0.0279. The summed E-state index contributed by atoms with van der Waals surface area (Å²) >= 11 is 0. The Morgan fingerprint density at radius 2 is 1.95 bits per heavy atom. The first kappa shape index (κ1) is 15.6. The van der Waals surface area contributed by atoms with Gasteiger partial charge in [0.05, 0.1) is 19.3 Å². The predicted octanol–water partition coefficient (Wildman–Crippen LogP) is 1.53. The second-order valence-electron chi connectivity index (χ2n) is 4.42. The smallest absolute Gasteiger partial charge is 0.250 e. The molecule has 0 atom stereocenters. The van der Waals surface area contributed by atoms with E-state index in [1.54, 1.807) is 0 Å². The van der Waals surface area contributed by atoms with Crippen LogP contribution in [0.4, 0.5) is 5.69 Å². The number of ether oxygens (including phenoxy) is 2. The normalized spacial score (nSPS) is 10.7. The monoisotopic (exact) mass is 266 g/mol. The highest BCUT2D eigenvalue weighted by Gasteiger charge is 2.02. The first-order valence-corrected chi connectivity index (χ1v) is 6.40. The molecule has 3 N–H and O–H groups in total. The van der Waals surface area contributed by atoms with Gasteiger partial charge in [-0.15, -0.1) is 0 Å². The quantitative estimate of drug-likeness (QED) is 0.700. The van der Waals surface area contributed by atoms with Crippen molar-refractivity contribution in [2.45, 2.75) is 26.5 Å². The van der Waals surface area contributed by atoms with Gasteiger partial charge in [-0.2, -0.15) is 0 Å². The second kappa shape index (κ2) is 8.63. The average molecular weight is 266 g/mol. The van der Waals surface area contributed by atoms with E-state index in [4.69, 9.17) is 15.2 Å². The van der Waals surface area contributed by atoms with Gasteiger partial charge in [-0.05, 0) is 31.5 Å². The third kappa shape index (κ3) is 6.91. The van der Waals surface area contributed by atoms with Gasteiger partial charge < -0.3 is 20.5 Å². The first-order chi connectivity index (χ1) is 9.11. The number of nitrogens with one attached hydrogen (secondary N) is 1. The van der Waals surface area contributed by atoms with E-state index in [0.717, 1.165) is 11.3 Å². The van der Waals surface area contributed by atoms with Gasteiger partial charge in [-0.3, -0.25) is 4.79 Å². The molecule has 0 aliphatic heterocycles. The summed E-state index contributed by atoms with van der Waals surface area (Å²) in [5.74, 6) is -0.176. The molecule has 1 amide bonds. The summed E-state index contributed by atoms with van der Waals surface area (Å²) in [6, 6.07) is 7.41. The van der Waals surface area contributed by atoms with Gasteiger partial charge in [-0.1, -0.05) is 12.1 Å². The van der Waals surface area contributed by atoms with Crippen LogP contribution in [-0.4, -0.2) is 31.8 Å². The zero-order valence-electron chi connectivity index (χ0n) is 11.5. The summed E-state index contributed by atoms with van der Waals surface area (Å²) in [5.41, 5.74) is 7.27. The standard InChI is InChI=1S/C14H22N2O3/c1-11(2)19-8-7-18-10-14(17)16-13-5-3-12(9-15)4-6-13/h3-6,11H,7-10,15H2,1-2H3,(H,16,17). The zero-order chi connectivity index (χ0) is 14.1. The number of hydrogen-bond acceptors (Lipinski definition) is 4. The fourth-order valence-corrected chi connectivity index (χ4v) is 1.43. The second-order valence-corrected chi connectivity index (χ2v) is 4.42. The van der Waals surface area contributed by atoms with Crippen LogP contribution < -0.4 is 11.1 Å². The van der Waals surface area contributed by atoms with Crippen molar-refractivity contribution in [2.75, 3.05) is 25.1 Å². The van der Waals surface area contributed by atoms with E-state index >= 15 is 0 Å². The Morgan fingerprint density at radius 1 is 1.26 bits per heavy atom. The van der Waals surface area contributed by atoms with Gasteiger partial charge in [0.2, 0.25) is 5.91 Å². The molecule has 5 nitrogen and oxygen atoms in total. The van der Waals surface area contributed by atoms with Crippen molar-refractivity contribution >= 4 is 11.6 Å². The Morgan fingerprint density at radius 3 is 2.53 bits per heavy atom. The van der Waals surface area contributed by atoms with Gasteiger partial charge in [0.1, 0.15) is 6.61 Å². The summed E-state index contributed by atoms with van der Waals surface area (Å²) in [5, 5.41) is 2.75. The molecule has 1 aromatic rings. The fourth-order valence-electron chi connectivity index (χ4n) is 1.43. The molecule has 1 rings (SSSR count). The van der Waals surface area contributed by atoms with E-state index in [2.05, 4.69) is 5.32 Å². The SMILES string of the molecule is CC(C)OCCOCC(=O)Nc1ccc(CN)cc1. The average Bonchev–Trinajstić information content (AvgIpc) is 2.39. The van der Waals surface area contributed by atoms with Crippen LogP contribution in [0.5, 0.6) is 0 Å². The number of carbonyl (C=O) groups excluding carboxylic acids is 1. The molecule has 106 valence electrons. The van der Waals surface area contributed by atoms with Crippen molar-refractivity contribution in [3.8, 4) is 0 Å². The Labute approximate surface area is 114 Å². The Hall–Kier alpha value is -1.43. The zero-order valence-corrected chi connectivity index (χ0v) is 11.5. The van der Waals surface area contributed by atoms with Gasteiger partial charge >= 0.3 is 0 Å². The first-order valence-electron chi connectivity index (χ1n) is 6.40. The van der Waals surface area contributed by atoms with Crippen molar-refractivity contribution in [3.63, 3.8) is 0 Å². The van der Waals surface area contributed by atoms with Gasteiger partial charge in [0.15, 0.2) is 0 Å². The molecule has 5 heteroatoms. The van der Waals surface area contributed by atoms with E-state index < -0.39 is 0 Å². The number of carbonyl (C=O) groups is 1. The molecule has 0 saturated heterocycles. The minimum Gasteiger partial charge on any atom is -0.376 e. The summed E-state index contributed by atoms with van der Waals surface area (Å²) in [6.07, 6.45) is 0.179. The number of nitrogens with two attached hydrogens (primary N) is 1. The Bertz CT molecular complexity index is 377. The van der Waals surface area contributed by atoms with Gasteiger partial charge in [0, 0.05) is 12.2 Å². The molecule has 0 spiro atoms. The van der Waals surface area contributed by atoms with Crippen molar-refractivity contribution in [1.82, 2.24) is 0 Å².